The second kappa shape index (κ2) is 46.5. The molecule has 0 aliphatic carbocycles. The lowest BCUT2D eigenvalue weighted by Crippen LogP contribution is -2.00. The number of rotatable bonds is 48. The van der Waals surface area contributed by atoms with Crippen LogP contribution < -0.4 is 5.73 Å². The molecule has 6 heteroatoms. The van der Waals surface area contributed by atoms with Gasteiger partial charge in [-0.3, -0.25) is 9.05 Å². The predicted octanol–water partition coefficient (Wildman–Crippen LogP) is 16.9. The Morgan fingerprint density at radius 2 is 0.491 bits per heavy atom. The number of hydrogen-bond acceptors (Lipinski definition) is 4. The first-order valence-electron chi connectivity index (χ1n) is 24.4. The first-order chi connectivity index (χ1) is 26.1. The Labute approximate surface area is 333 Å². The molecule has 0 heterocycles. The Morgan fingerprint density at radius 1 is 0.321 bits per heavy atom. The summed E-state index contributed by atoms with van der Waals surface area (Å²) in [6, 6.07) is 0. The summed E-state index contributed by atoms with van der Waals surface area (Å²) in [6.07, 6.45) is 58.9. The van der Waals surface area contributed by atoms with E-state index in [9.17, 15) is 9.46 Å². The second-order valence-corrected chi connectivity index (χ2v) is 18.2. The predicted molar refractivity (Wildman–Crippen MR) is 235 cm³/mol. The number of unbranched alkanes of at least 4 members (excludes halogenated alkanes) is 41. The van der Waals surface area contributed by atoms with E-state index in [4.69, 9.17) is 14.8 Å². The van der Waals surface area contributed by atoms with Crippen LogP contribution in [0.5, 0.6) is 0 Å². The van der Waals surface area contributed by atoms with Gasteiger partial charge in [0.05, 0.1) is 13.2 Å². The molecular weight excluding hydrogens is 673 g/mol. The maximum absolute atomic E-state index is 11.9. The molecule has 1 unspecified atom stereocenters. The van der Waals surface area contributed by atoms with E-state index in [0.29, 0.717) is 13.2 Å². The lowest BCUT2D eigenvalue weighted by molar-refractivity contribution is 0.145. The van der Waals surface area contributed by atoms with Crippen molar-refractivity contribution in [2.45, 2.75) is 283 Å². The fraction of sp³-hybridized carbons (Fsp3) is 1.00. The molecule has 0 saturated carbocycles. The molecule has 0 aromatic carbocycles. The zero-order valence-electron chi connectivity index (χ0n) is 36.2. The molecule has 0 rings (SSSR count). The largest absolute Gasteiger partial charge is 0.472 e. The highest BCUT2D eigenvalue weighted by Crippen LogP contribution is 2.43. The SMILES string of the molecule is CCCCCCCCCCCCCCCCCCCCCCCCCCCCCCCCCCCCCCCCCOP(=O)(O)OCCCCCCN. The van der Waals surface area contributed by atoms with Crippen molar-refractivity contribution in [1.82, 2.24) is 0 Å². The van der Waals surface area contributed by atoms with E-state index in [0.717, 1.165) is 38.5 Å². The molecular formula is C47H98NO4P. The van der Waals surface area contributed by atoms with Crippen LogP contribution in [0.2, 0.25) is 0 Å². The first kappa shape index (κ1) is 53.1. The van der Waals surface area contributed by atoms with Crippen molar-refractivity contribution < 1.29 is 18.5 Å². The van der Waals surface area contributed by atoms with E-state index in [2.05, 4.69) is 6.92 Å². The molecule has 0 aromatic rings. The maximum Gasteiger partial charge on any atom is 0.472 e. The van der Waals surface area contributed by atoms with Gasteiger partial charge in [0.15, 0.2) is 0 Å². The van der Waals surface area contributed by atoms with E-state index < -0.39 is 7.82 Å². The van der Waals surface area contributed by atoms with E-state index in [-0.39, 0.29) is 6.61 Å². The number of phosphoric ester groups is 1. The third-order valence-corrected chi connectivity index (χ3v) is 12.4. The molecule has 5 nitrogen and oxygen atoms in total. The summed E-state index contributed by atoms with van der Waals surface area (Å²) in [4.78, 5) is 9.74. The van der Waals surface area contributed by atoms with Gasteiger partial charge in [-0.2, -0.15) is 0 Å². The van der Waals surface area contributed by atoms with E-state index in [1.54, 1.807) is 0 Å². The van der Waals surface area contributed by atoms with Gasteiger partial charge >= 0.3 is 7.82 Å². The highest BCUT2D eigenvalue weighted by atomic mass is 31.2. The third-order valence-electron chi connectivity index (χ3n) is 11.4. The van der Waals surface area contributed by atoms with E-state index >= 15 is 0 Å². The van der Waals surface area contributed by atoms with Crippen LogP contribution in [-0.2, 0) is 13.6 Å². The van der Waals surface area contributed by atoms with Crippen LogP contribution in [0.1, 0.15) is 283 Å². The van der Waals surface area contributed by atoms with Gasteiger partial charge in [0, 0.05) is 0 Å². The average Bonchev–Trinajstić information content (AvgIpc) is 3.15. The van der Waals surface area contributed by atoms with Crippen molar-refractivity contribution in [2.75, 3.05) is 19.8 Å². The minimum atomic E-state index is -3.88. The molecule has 0 saturated heterocycles. The Kier molecular flexibility index (Phi) is 46.5. The average molecular weight is 772 g/mol. The van der Waals surface area contributed by atoms with E-state index in [1.807, 2.05) is 0 Å². The monoisotopic (exact) mass is 772 g/mol. The third kappa shape index (κ3) is 48.1. The van der Waals surface area contributed by atoms with Crippen molar-refractivity contribution >= 4 is 7.82 Å². The van der Waals surface area contributed by atoms with Gasteiger partial charge in [0.1, 0.15) is 0 Å². The molecule has 0 bridgehead atoms. The number of phosphoric acid groups is 1. The molecule has 1 atom stereocenters. The summed E-state index contributed by atoms with van der Waals surface area (Å²) in [7, 11) is -3.88. The maximum atomic E-state index is 11.9. The normalized spacial score (nSPS) is 12.9. The molecule has 320 valence electrons. The van der Waals surface area contributed by atoms with Crippen molar-refractivity contribution in [3.63, 3.8) is 0 Å². The van der Waals surface area contributed by atoms with E-state index in [1.165, 1.54) is 238 Å². The van der Waals surface area contributed by atoms with Crippen LogP contribution in [0, 0.1) is 0 Å². The minimum Gasteiger partial charge on any atom is -0.330 e. The molecule has 0 aliphatic rings. The summed E-state index contributed by atoms with van der Waals surface area (Å²) >= 11 is 0. The highest BCUT2D eigenvalue weighted by Gasteiger charge is 2.19. The number of nitrogens with two attached hydrogens (primary N) is 1. The Morgan fingerprint density at radius 3 is 0.679 bits per heavy atom. The Hall–Kier alpha value is 0.0700. The van der Waals surface area contributed by atoms with Gasteiger partial charge in [-0.25, -0.2) is 4.57 Å². The molecule has 0 fully saturated rings. The van der Waals surface area contributed by atoms with Crippen LogP contribution in [0.4, 0.5) is 0 Å². The summed E-state index contributed by atoms with van der Waals surface area (Å²) in [6.45, 7) is 3.58. The van der Waals surface area contributed by atoms with Crippen molar-refractivity contribution in [3.05, 3.63) is 0 Å². The molecule has 53 heavy (non-hydrogen) atoms. The van der Waals surface area contributed by atoms with Crippen LogP contribution in [0.15, 0.2) is 0 Å². The molecule has 3 N–H and O–H groups in total. The fourth-order valence-electron chi connectivity index (χ4n) is 7.71. The second-order valence-electron chi connectivity index (χ2n) is 16.8. The Bertz CT molecular complexity index is 708. The summed E-state index contributed by atoms with van der Waals surface area (Å²) < 4.78 is 22.0. The standard InChI is InChI=1S/C47H98NO4P/c1-2-3-4-5-6-7-8-9-10-11-12-13-14-15-16-17-18-19-20-21-22-23-24-25-26-27-28-29-30-31-32-33-34-35-36-37-38-40-43-46-51-53(49,50)52-47-44-41-39-42-45-48/h2-48H2,1H3,(H,49,50). The number of hydrogen-bond donors (Lipinski definition) is 2. The lowest BCUT2D eigenvalue weighted by atomic mass is 10.0. The molecule has 0 aromatic heterocycles. The Balaban J connectivity index is 3.13. The smallest absolute Gasteiger partial charge is 0.330 e. The first-order valence-corrected chi connectivity index (χ1v) is 25.9. The van der Waals surface area contributed by atoms with Crippen LogP contribution in [0.25, 0.3) is 0 Å². The summed E-state index contributed by atoms with van der Waals surface area (Å²) in [5, 5.41) is 0. The van der Waals surface area contributed by atoms with Gasteiger partial charge in [0.25, 0.3) is 0 Å². The zero-order chi connectivity index (χ0) is 38.4. The molecule has 0 amide bonds. The van der Waals surface area contributed by atoms with Crippen LogP contribution >= 0.6 is 7.82 Å². The van der Waals surface area contributed by atoms with Gasteiger partial charge in [-0.05, 0) is 25.8 Å². The van der Waals surface area contributed by atoms with Crippen molar-refractivity contribution in [1.29, 1.82) is 0 Å². The topological polar surface area (TPSA) is 81.8 Å². The summed E-state index contributed by atoms with van der Waals surface area (Å²) in [5.74, 6) is 0. The highest BCUT2D eigenvalue weighted by molar-refractivity contribution is 7.47. The molecule has 0 radical (unpaired) electrons. The lowest BCUT2D eigenvalue weighted by Gasteiger charge is -2.12. The minimum absolute atomic E-state index is 0.276. The van der Waals surface area contributed by atoms with Crippen LogP contribution in [-0.4, -0.2) is 24.7 Å². The zero-order valence-corrected chi connectivity index (χ0v) is 37.1. The summed E-state index contributed by atoms with van der Waals surface area (Å²) in [5.41, 5.74) is 5.47. The van der Waals surface area contributed by atoms with Gasteiger partial charge in [0.2, 0.25) is 0 Å². The van der Waals surface area contributed by atoms with Crippen LogP contribution in [0.3, 0.4) is 0 Å². The van der Waals surface area contributed by atoms with Crippen molar-refractivity contribution in [3.8, 4) is 0 Å². The van der Waals surface area contributed by atoms with Gasteiger partial charge < -0.3 is 10.6 Å². The molecule has 0 aliphatic heterocycles. The fourth-order valence-corrected chi connectivity index (χ4v) is 8.51. The quantitative estimate of drug-likeness (QED) is 0.0475. The van der Waals surface area contributed by atoms with Gasteiger partial charge in [-0.1, -0.05) is 264 Å². The van der Waals surface area contributed by atoms with Gasteiger partial charge in [-0.15, -0.1) is 0 Å². The molecule has 0 spiro atoms. The van der Waals surface area contributed by atoms with Crippen molar-refractivity contribution in [2.24, 2.45) is 5.73 Å².